The standard InChI is InChI=1S/C18H27Cl2N5O/c1-2-21-18(22-10-16-12-24-3-5-25(16)6-4-24)23-11-17(26)13-7-14(19)9-15(20)8-13/h7-9,16-17,26H,2-6,10-12H2,1H3,(H2,21,22,23). The summed E-state index contributed by atoms with van der Waals surface area (Å²) in [7, 11) is 0. The largest absolute Gasteiger partial charge is 0.386 e. The summed E-state index contributed by atoms with van der Waals surface area (Å²) in [6.07, 6.45) is -0.748. The third kappa shape index (κ3) is 5.24. The second kappa shape index (κ2) is 9.24. The molecule has 0 spiro atoms. The minimum atomic E-state index is -0.748. The fraction of sp³-hybridized carbons (Fsp3) is 0.611. The number of nitrogens with zero attached hydrogens (tertiary/aromatic N) is 3. The Morgan fingerprint density at radius 1 is 1.19 bits per heavy atom. The second-order valence-corrected chi connectivity index (χ2v) is 7.68. The molecular weight excluding hydrogens is 373 g/mol. The van der Waals surface area contributed by atoms with Crippen LogP contribution in [0.25, 0.3) is 0 Å². The number of hydrogen-bond acceptors (Lipinski definition) is 4. The summed E-state index contributed by atoms with van der Waals surface area (Å²) in [4.78, 5) is 9.58. The quantitative estimate of drug-likeness (QED) is 0.500. The van der Waals surface area contributed by atoms with Crippen LogP contribution in [0.15, 0.2) is 23.2 Å². The fourth-order valence-corrected chi connectivity index (χ4v) is 4.07. The molecule has 1 aromatic carbocycles. The highest BCUT2D eigenvalue weighted by Crippen LogP contribution is 2.23. The molecule has 3 aliphatic heterocycles. The first kappa shape index (κ1) is 19.7. The van der Waals surface area contributed by atoms with Crippen LogP contribution in [0.2, 0.25) is 10.0 Å². The molecule has 6 nitrogen and oxygen atoms in total. The van der Waals surface area contributed by atoms with Gasteiger partial charge in [0.15, 0.2) is 5.96 Å². The molecule has 3 heterocycles. The smallest absolute Gasteiger partial charge is 0.191 e. The van der Waals surface area contributed by atoms with E-state index in [4.69, 9.17) is 23.2 Å². The summed E-state index contributed by atoms with van der Waals surface area (Å²) in [5, 5.41) is 18.1. The zero-order valence-electron chi connectivity index (χ0n) is 15.1. The Hall–Kier alpha value is -1.05. The molecule has 144 valence electrons. The van der Waals surface area contributed by atoms with Crippen LogP contribution in [-0.4, -0.2) is 79.3 Å². The number of guanidine groups is 1. The SMILES string of the molecule is CCNC(=NCC(O)c1cc(Cl)cc(Cl)c1)NCC1CN2CCN1CC2. The highest BCUT2D eigenvalue weighted by atomic mass is 35.5. The van der Waals surface area contributed by atoms with Crippen molar-refractivity contribution in [1.29, 1.82) is 0 Å². The number of aliphatic hydroxyl groups is 1. The Balaban J connectivity index is 1.56. The number of nitrogens with one attached hydrogen (secondary N) is 2. The molecule has 3 fully saturated rings. The summed E-state index contributed by atoms with van der Waals surface area (Å²) in [5.74, 6) is 0.720. The first-order valence-electron chi connectivity index (χ1n) is 9.18. The molecule has 0 aromatic heterocycles. The van der Waals surface area contributed by atoms with E-state index in [0.717, 1.165) is 38.7 Å². The van der Waals surface area contributed by atoms with Crippen molar-refractivity contribution in [2.45, 2.75) is 19.1 Å². The lowest BCUT2D eigenvalue weighted by Gasteiger charge is -2.47. The first-order chi connectivity index (χ1) is 12.5. The summed E-state index contributed by atoms with van der Waals surface area (Å²) in [6.45, 7) is 9.65. The molecule has 0 aliphatic carbocycles. The van der Waals surface area contributed by atoms with Crippen molar-refractivity contribution in [1.82, 2.24) is 20.4 Å². The van der Waals surface area contributed by atoms with E-state index in [2.05, 4.69) is 25.4 Å². The molecule has 3 N–H and O–H groups in total. The van der Waals surface area contributed by atoms with E-state index < -0.39 is 6.10 Å². The van der Waals surface area contributed by atoms with Crippen LogP contribution >= 0.6 is 23.2 Å². The number of aliphatic imine (C=N–C) groups is 1. The molecule has 0 saturated carbocycles. The minimum absolute atomic E-state index is 0.243. The lowest BCUT2D eigenvalue weighted by atomic mass is 10.1. The van der Waals surface area contributed by atoms with Crippen LogP contribution in [0.1, 0.15) is 18.6 Å². The zero-order chi connectivity index (χ0) is 18.5. The normalized spacial score (nSPS) is 26.6. The molecule has 0 amide bonds. The Kier molecular flexibility index (Phi) is 7.00. The van der Waals surface area contributed by atoms with Crippen LogP contribution in [-0.2, 0) is 0 Å². The molecule has 1 aromatic rings. The van der Waals surface area contributed by atoms with Gasteiger partial charge in [0, 0.05) is 61.9 Å². The number of benzene rings is 1. The van der Waals surface area contributed by atoms with Gasteiger partial charge in [0.1, 0.15) is 0 Å². The zero-order valence-corrected chi connectivity index (χ0v) is 16.6. The van der Waals surface area contributed by atoms with E-state index in [1.165, 1.54) is 13.1 Å². The van der Waals surface area contributed by atoms with Gasteiger partial charge in [-0.2, -0.15) is 0 Å². The maximum atomic E-state index is 10.4. The molecule has 2 atom stereocenters. The Labute approximate surface area is 165 Å². The van der Waals surface area contributed by atoms with E-state index in [9.17, 15) is 5.11 Å². The molecule has 3 aliphatic rings. The average Bonchev–Trinajstić information content (AvgIpc) is 2.64. The topological polar surface area (TPSA) is 63.1 Å². The predicted molar refractivity (Wildman–Crippen MR) is 107 cm³/mol. The summed E-state index contributed by atoms with van der Waals surface area (Å²) < 4.78 is 0. The van der Waals surface area contributed by atoms with Crippen LogP contribution < -0.4 is 10.6 Å². The van der Waals surface area contributed by atoms with Crippen LogP contribution in [0, 0.1) is 0 Å². The van der Waals surface area contributed by atoms with Crippen molar-refractivity contribution >= 4 is 29.2 Å². The summed E-state index contributed by atoms with van der Waals surface area (Å²) in [5.41, 5.74) is 0.672. The van der Waals surface area contributed by atoms with E-state index in [-0.39, 0.29) is 6.54 Å². The van der Waals surface area contributed by atoms with Crippen LogP contribution in [0.3, 0.4) is 0 Å². The van der Waals surface area contributed by atoms with E-state index >= 15 is 0 Å². The van der Waals surface area contributed by atoms with Gasteiger partial charge in [0.05, 0.1) is 12.6 Å². The van der Waals surface area contributed by atoms with E-state index in [1.807, 2.05) is 6.92 Å². The van der Waals surface area contributed by atoms with Gasteiger partial charge in [-0.1, -0.05) is 23.2 Å². The van der Waals surface area contributed by atoms with Crippen molar-refractivity contribution < 1.29 is 5.11 Å². The third-order valence-electron chi connectivity index (χ3n) is 4.93. The Bertz CT molecular complexity index is 614. The fourth-order valence-electron chi connectivity index (χ4n) is 3.53. The van der Waals surface area contributed by atoms with Gasteiger partial charge < -0.3 is 15.7 Å². The Morgan fingerprint density at radius 2 is 1.88 bits per heavy atom. The van der Waals surface area contributed by atoms with Crippen molar-refractivity contribution in [2.24, 2.45) is 4.99 Å². The highest BCUT2D eigenvalue weighted by molar-refractivity contribution is 6.34. The molecule has 3 saturated heterocycles. The van der Waals surface area contributed by atoms with Gasteiger partial charge in [-0.3, -0.25) is 14.8 Å². The van der Waals surface area contributed by atoms with Gasteiger partial charge in [-0.15, -0.1) is 0 Å². The highest BCUT2D eigenvalue weighted by Gasteiger charge is 2.31. The number of rotatable bonds is 6. The van der Waals surface area contributed by atoms with Crippen molar-refractivity contribution in [3.8, 4) is 0 Å². The number of fused-ring (bicyclic) bond motifs is 3. The van der Waals surface area contributed by atoms with Crippen molar-refractivity contribution in [3.05, 3.63) is 33.8 Å². The maximum absolute atomic E-state index is 10.4. The molecular formula is C18H27Cl2N5O. The lowest BCUT2D eigenvalue weighted by Crippen LogP contribution is -2.63. The number of halogens is 2. The maximum Gasteiger partial charge on any atom is 0.191 e. The van der Waals surface area contributed by atoms with Crippen molar-refractivity contribution in [3.63, 3.8) is 0 Å². The first-order valence-corrected chi connectivity index (χ1v) is 9.93. The number of hydrogen-bond donors (Lipinski definition) is 3. The van der Waals surface area contributed by atoms with E-state index in [0.29, 0.717) is 21.7 Å². The molecule has 8 heteroatoms. The monoisotopic (exact) mass is 399 g/mol. The molecule has 2 bridgehead atoms. The number of aliphatic hydroxyl groups excluding tert-OH is 1. The third-order valence-corrected chi connectivity index (χ3v) is 5.37. The van der Waals surface area contributed by atoms with Crippen LogP contribution in [0.4, 0.5) is 0 Å². The molecule has 26 heavy (non-hydrogen) atoms. The van der Waals surface area contributed by atoms with Crippen molar-refractivity contribution in [2.75, 3.05) is 52.4 Å². The van der Waals surface area contributed by atoms with Gasteiger partial charge >= 0.3 is 0 Å². The summed E-state index contributed by atoms with van der Waals surface area (Å²) in [6, 6.07) is 5.60. The van der Waals surface area contributed by atoms with Crippen LogP contribution in [0.5, 0.6) is 0 Å². The second-order valence-electron chi connectivity index (χ2n) is 6.81. The Morgan fingerprint density at radius 3 is 2.46 bits per heavy atom. The van der Waals surface area contributed by atoms with Gasteiger partial charge in [0.2, 0.25) is 0 Å². The number of piperazine rings is 3. The van der Waals surface area contributed by atoms with Gasteiger partial charge in [0.25, 0.3) is 0 Å². The van der Waals surface area contributed by atoms with Gasteiger partial charge in [-0.05, 0) is 30.7 Å². The molecule has 2 unspecified atom stereocenters. The predicted octanol–water partition coefficient (Wildman–Crippen LogP) is 1.58. The lowest BCUT2D eigenvalue weighted by molar-refractivity contribution is 0.0154. The average molecular weight is 400 g/mol. The molecule has 0 radical (unpaired) electrons. The van der Waals surface area contributed by atoms with E-state index in [1.54, 1.807) is 18.2 Å². The minimum Gasteiger partial charge on any atom is -0.386 e. The van der Waals surface area contributed by atoms with Gasteiger partial charge in [-0.25, -0.2) is 0 Å². The summed E-state index contributed by atoms with van der Waals surface area (Å²) >= 11 is 12.0. The molecule has 4 rings (SSSR count).